The van der Waals surface area contributed by atoms with Crippen LogP contribution in [0.5, 0.6) is 0 Å². The second-order valence-electron chi connectivity index (χ2n) is 21.1. The summed E-state index contributed by atoms with van der Waals surface area (Å²) in [5, 5.41) is 42.6. The Morgan fingerprint density at radius 1 is 0.747 bits per heavy atom. The number of nitrogens with one attached hydrogen (secondary N) is 1. The van der Waals surface area contributed by atoms with Crippen LogP contribution < -0.4 is 5.32 Å². The lowest BCUT2D eigenvalue weighted by atomic mass is 9.44. The minimum Gasteiger partial charge on any atom is -0.455 e. The number of ether oxygens (including phenoxy) is 5. The Labute approximate surface area is 457 Å². The van der Waals surface area contributed by atoms with Gasteiger partial charge in [-0.25, -0.2) is 14.2 Å². The molecule has 5 aromatic rings. The van der Waals surface area contributed by atoms with Crippen LogP contribution in [0.1, 0.15) is 90.9 Å². The summed E-state index contributed by atoms with van der Waals surface area (Å²) in [4.78, 5) is 72.1. The van der Waals surface area contributed by atoms with E-state index >= 15 is 4.79 Å². The van der Waals surface area contributed by atoms with Gasteiger partial charge < -0.3 is 44.3 Å². The number of ketones is 1. The third-order valence-corrected chi connectivity index (χ3v) is 17.4. The van der Waals surface area contributed by atoms with Crippen molar-refractivity contribution in [2.45, 2.75) is 115 Å². The SMILES string of the molecule is CC(=O)OC(C(=O)OC1CC2(O)C(OC(=O)c3ccccc3)C3[C@]4(O)COC4CC(OCOP(=O)(OCc4ccccc4)OCc4ccccc4)[C@@]3(C)C(=O)C(O)C(=C1C)C2(C)C)C(NC(=O)c1ccccc1)c1ccccc1. The van der Waals surface area contributed by atoms with Gasteiger partial charge >= 0.3 is 25.7 Å². The van der Waals surface area contributed by atoms with Crippen LogP contribution in [0.3, 0.4) is 0 Å². The minimum atomic E-state index is -4.49. The Bertz CT molecular complexity index is 3040. The van der Waals surface area contributed by atoms with E-state index in [-0.39, 0.29) is 41.9 Å². The van der Waals surface area contributed by atoms with Crippen molar-refractivity contribution in [3.05, 3.63) is 191 Å². The van der Waals surface area contributed by atoms with Crippen LogP contribution in [0, 0.1) is 16.7 Å². The summed E-state index contributed by atoms with van der Waals surface area (Å²) in [7, 11) is -4.49. The number of hydrogen-bond acceptors (Lipinski definition) is 17. The van der Waals surface area contributed by atoms with Gasteiger partial charge in [0, 0.05) is 36.7 Å². The second kappa shape index (κ2) is 23.2. The fourth-order valence-electron chi connectivity index (χ4n) is 11.8. The molecule has 3 aliphatic carbocycles. The van der Waals surface area contributed by atoms with Gasteiger partial charge in [-0.1, -0.05) is 141 Å². The summed E-state index contributed by atoms with van der Waals surface area (Å²) in [5.41, 5.74) is -6.35. The molecule has 5 aromatic carbocycles. The van der Waals surface area contributed by atoms with Gasteiger partial charge in [0.25, 0.3) is 5.91 Å². The van der Waals surface area contributed by atoms with Gasteiger partial charge in [0.15, 0.2) is 12.6 Å². The van der Waals surface area contributed by atoms with Crippen LogP contribution in [-0.4, -0.2) is 106 Å². The van der Waals surface area contributed by atoms with Crippen LogP contribution in [0.25, 0.3) is 0 Å². The van der Waals surface area contributed by atoms with Crippen LogP contribution in [0.15, 0.2) is 163 Å². The van der Waals surface area contributed by atoms with Crippen LogP contribution in [-0.2, 0) is 69.4 Å². The molecule has 0 spiro atoms. The van der Waals surface area contributed by atoms with Gasteiger partial charge in [-0.05, 0) is 65.9 Å². The maximum Gasteiger partial charge on any atom is 0.477 e. The van der Waals surface area contributed by atoms with Crippen molar-refractivity contribution >= 4 is 37.4 Å². The summed E-state index contributed by atoms with van der Waals surface area (Å²) in [6.07, 6.45) is -10.7. The molecule has 0 aromatic heterocycles. The molecule has 79 heavy (non-hydrogen) atoms. The number of phosphoric acid groups is 1. The molecule has 4 aliphatic rings. The quantitative estimate of drug-likeness (QED) is 0.0203. The van der Waals surface area contributed by atoms with E-state index < -0.39 is 128 Å². The number of benzene rings is 5. The Balaban J connectivity index is 1.10. The van der Waals surface area contributed by atoms with E-state index in [1.807, 2.05) is 12.1 Å². The molecule has 18 nitrogen and oxygen atoms in total. The number of Topliss-reactive ketones (excluding diaryl/α,β-unsaturated/α-hetero) is 1. The number of amides is 1. The monoisotopic (exact) mass is 1100 g/mol. The van der Waals surface area contributed by atoms with Crippen molar-refractivity contribution in [1.29, 1.82) is 0 Å². The summed E-state index contributed by atoms with van der Waals surface area (Å²) < 4.78 is 62.9. The molecule has 1 saturated heterocycles. The average molecular weight is 1100 g/mol. The smallest absolute Gasteiger partial charge is 0.455 e. The fraction of sp³-hybridized carbons (Fsp3) is 0.383. The Morgan fingerprint density at radius 3 is 1.81 bits per heavy atom. The lowest BCUT2D eigenvalue weighted by molar-refractivity contribution is -0.349. The van der Waals surface area contributed by atoms with E-state index in [9.17, 15) is 39.1 Å². The Kier molecular flexibility index (Phi) is 16.7. The maximum absolute atomic E-state index is 15.8. The lowest BCUT2D eigenvalue weighted by Gasteiger charge is -2.67. The number of aliphatic hydroxyl groups excluding tert-OH is 1. The zero-order chi connectivity index (χ0) is 56.3. The summed E-state index contributed by atoms with van der Waals surface area (Å²) in [5.74, 6) is -6.25. The number of carbonyl (C=O) groups excluding carboxylic acids is 5. The molecule has 3 fully saturated rings. The molecule has 1 amide bonds. The molecule has 4 N–H and O–H groups in total. The third-order valence-electron chi connectivity index (χ3n) is 16.1. The molecular formula is C60H64NO17P. The maximum atomic E-state index is 15.8. The third kappa shape index (κ3) is 11.3. The largest absolute Gasteiger partial charge is 0.477 e. The average Bonchev–Trinajstić information content (AvgIpc) is 1.72. The van der Waals surface area contributed by atoms with Gasteiger partial charge in [0.1, 0.15) is 35.6 Å². The summed E-state index contributed by atoms with van der Waals surface area (Å²) >= 11 is 0. The zero-order valence-corrected chi connectivity index (χ0v) is 45.2. The minimum absolute atomic E-state index is 0.0469. The van der Waals surface area contributed by atoms with Gasteiger partial charge in [0.05, 0.1) is 43.0 Å². The van der Waals surface area contributed by atoms with E-state index in [0.29, 0.717) is 16.7 Å². The topological polar surface area (TPSA) is 249 Å². The van der Waals surface area contributed by atoms with E-state index in [1.165, 1.54) is 26.0 Å². The van der Waals surface area contributed by atoms with Gasteiger partial charge in [-0.2, -0.15) is 0 Å². The first kappa shape index (κ1) is 57.0. The number of rotatable bonds is 19. The molecule has 0 radical (unpaired) electrons. The van der Waals surface area contributed by atoms with Crippen molar-refractivity contribution in [2.75, 3.05) is 13.4 Å². The number of hydrogen-bond donors (Lipinski definition) is 4. The Hall–Kier alpha value is -6.70. The highest BCUT2D eigenvalue weighted by molar-refractivity contribution is 7.48. The highest BCUT2D eigenvalue weighted by Crippen LogP contribution is 2.64. The molecular weight excluding hydrogens is 1040 g/mol. The lowest BCUT2D eigenvalue weighted by Crippen LogP contribution is -2.81. The van der Waals surface area contributed by atoms with Gasteiger partial charge in [-0.15, -0.1) is 0 Å². The normalized spacial score (nSPS) is 27.8. The van der Waals surface area contributed by atoms with Crippen molar-refractivity contribution in [2.24, 2.45) is 16.7 Å². The second-order valence-corrected chi connectivity index (χ2v) is 22.8. The molecule has 2 bridgehead atoms. The molecule has 11 atom stereocenters. The van der Waals surface area contributed by atoms with Gasteiger partial charge in [0.2, 0.25) is 6.10 Å². The molecule has 2 saturated carbocycles. The predicted molar refractivity (Wildman–Crippen MR) is 283 cm³/mol. The molecule has 9 unspecified atom stereocenters. The van der Waals surface area contributed by atoms with Crippen LogP contribution >= 0.6 is 7.82 Å². The molecule has 1 heterocycles. The van der Waals surface area contributed by atoms with Crippen molar-refractivity contribution in [3.8, 4) is 0 Å². The first-order valence-corrected chi connectivity index (χ1v) is 27.4. The van der Waals surface area contributed by atoms with E-state index in [2.05, 4.69) is 5.32 Å². The zero-order valence-electron chi connectivity index (χ0n) is 44.3. The first-order valence-electron chi connectivity index (χ1n) is 26.0. The van der Waals surface area contributed by atoms with Crippen LogP contribution in [0.2, 0.25) is 0 Å². The predicted octanol–water partition coefficient (Wildman–Crippen LogP) is 7.71. The standard InChI is InChI=1S/C60H64NO17P/c1-37-44(77-56(67)50(76-38(2)62)48(41-25-15-8-16-26-41)61-54(65)42-27-17-9-18-28-42)32-60(69)53(78-55(66)43-29-19-10-20-30-43)51-58(5,52(64)49(63)47(37)57(60,3)4)45(31-46-59(51,68)35-71-46)72-36-75-79(70,73-33-39-21-11-6-12-22-39)74-34-40-23-13-7-14-24-40/h6-30,44-46,48-51,53,63,68-69H,31-36H2,1-5H3,(H,61,65)/t44?,45?,46?,48?,49?,50?,51?,53?,58-,59+,60?/m1/s1. The van der Waals surface area contributed by atoms with E-state index in [0.717, 1.165) is 6.92 Å². The van der Waals surface area contributed by atoms with E-state index in [1.54, 1.807) is 141 Å². The first-order chi connectivity index (χ1) is 37.7. The van der Waals surface area contributed by atoms with Gasteiger partial charge in [-0.3, -0.25) is 28.0 Å². The number of fused-ring (bicyclic) bond motifs is 5. The Morgan fingerprint density at radius 2 is 1.28 bits per heavy atom. The summed E-state index contributed by atoms with van der Waals surface area (Å²) in [6.45, 7) is 5.52. The van der Waals surface area contributed by atoms with E-state index in [4.69, 9.17) is 37.3 Å². The highest BCUT2D eigenvalue weighted by atomic mass is 31.2. The van der Waals surface area contributed by atoms with Crippen molar-refractivity contribution in [3.63, 3.8) is 0 Å². The highest BCUT2D eigenvalue weighted by Gasteiger charge is 2.77. The number of phosphoric ester groups is 1. The molecule has 9 rings (SSSR count). The molecule has 19 heteroatoms. The van der Waals surface area contributed by atoms with Crippen molar-refractivity contribution < 1.29 is 81.1 Å². The van der Waals surface area contributed by atoms with Crippen molar-refractivity contribution in [1.82, 2.24) is 5.32 Å². The molecule has 1 aliphatic heterocycles. The number of esters is 3. The summed E-state index contributed by atoms with van der Waals surface area (Å²) in [6, 6.07) is 40.7. The van der Waals surface area contributed by atoms with Crippen LogP contribution in [0.4, 0.5) is 0 Å². The number of aliphatic hydroxyl groups is 3. The fourth-order valence-corrected chi connectivity index (χ4v) is 12.8. The molecule has 416 valence electrons. The number of carbonyl (C=O) groups is 5.